The third-order valence-corrected chi connectivity index (χ3v) is 5.63. The average molecular weight is 519 g/mol. The molecule has 0 bridgehead atoms. The minimum atomic E-state index is -4.67. The van der Waals surface area contributed by atoms with Crippen molar-refractivity contribution in [2.24, 2.45) is 0 Å². The van der Waals surface area contributed by atoms with Crippen LogP contribution in [0.1, 0.15) is 16.8 Å². The molecule has 0 fully saturated rings. The molecule has 190 valence electrons. The first kappa shape index (κ1) is 24.3. The van der Waals surface area contributed by atoms with Crippen molar-refractivity contribution in [1.82, 2.24) is 14.5 Å². The van der Waals surface area contributed by atoms with Crippen molar-refractivity contribution in [2.75, 3.05) is 0 Å². The first-order valence-electron chi connectivity index (χ1n) is 10.8. The van der Waals surface area contributed by atoms with E-state index in [0.29, 0.717) is 36.5 Å². The normalized spacial score (nSPS) is 12.6. The third-order valence-electron chi connectivity index (χ3n) is 5.63. The number of ether oxygens (including phenoxy) is 2. The molecule has 12 heteroatoms. The van der Waals surface area contributed by atoms with Gasteiger partial charge in [-0.3, -0.25) is 4.57 Å². The molecule has 6 nitrogen and oxygen atoms in total. The summed E-state index contributed by atoms with van der Waals surface area (Å²) in [6.45, 7) is -0.0492. The smallest absolute Gasteiger partial charge is 0.433 e. The van der Waals surface area contributed by atoms with Gasteiger partial charge in [0.25, 0.3) is 0 Å². The fraction of sp³-hybridized carbons (Fsp3) is 0.160. The van der Waals surface area contributed by atoms with E-state index in [9.17, 15) is 31.1 Å². The van der Waals surface area contributed by atoms with Crippen molar-refractivity contribution in [1.29, 1.82) is 0 Å². The van der Waals surface area contributed by atoms with Crippen molar-refractivity contribution >= 4 is 0 Å². The van der Waals surface area contributed by atoms with Gasteiger partial charge in [0.05, 0.1) is 11.9 Å². The predicted octanol–water partition coefficient (Wildman–Crippen LogP) is 5.67. The summed E-state index contributed by atoms with van der Waals surface area (Å²) in [5, 5.41) is 0. The second kappa shape index (κ2) is 9.26. The molecule has 0 aliphatic carbocycles. The van der Waals surface area contributed by atoms with Gasteiger partial charge >= 0.3 is 11.9 Å². The number of aromatic nitrogens is 3. The highest BCUT2D eigenvalue weighted by molar-refractivity contribution is 5.66. The molecular formula is C25H15F6N3O3. The fourth-order valence-electron chi connectivity index (χ4n) is 3.93. The Balaban J connectivity index is 1.34. The van der Waals surface area contributed by atoms with Crippen LogP contribution < -0.4 is 15.2 Å². The monoisotopic (exact) mass is 519 g/mol. The maximum atomic E-state index is 14.6. The lowest BCUT2D eigenvalue weighted by atomic mass is 9.98. The summed E-state index contributed by atoms with van der Waals surface area (Å²) in [5.74, 6) is -3.88. The summed E-state index contributed by atoms with van der Waals surface area (Å²) in [6.07, 6.45) is -3.51. The molecule has 0 spiro atoms. The first-order valence-corrected chi connectivity index (χ1v) is 10.8. The van der Waals surface area contributed by atoms with Crippen molar-refractivity contribution in [3.8, 4) is 28.6 Å². The van der Waals surface area contributed by atoms with E-state index in [0.717, 1.165) is 23.8 Å². The largest absolute Gasteiger partial charge is 0.473 e. The molecule has 37 heavy (non-hydrogen) atoms. The maximum absolute atomic E-state index is 14.6. The second-order valence-electron chi connectivity index (χ2n) is 8.12. The number of benzene rings is 2. The number of alkyl halides is 3. The lowest BCUT2D eigenvalue weighted by Gasteiger charge is -2.21. The molecule has 1 aliphatic heterocycles. The van der Waals surface area contributed by atoms with Crippen LogP contribution in [0.4, 0.5) is 26.3 Å². The van der Waals surface area contributed by atoms with Gasteiger partial charge in [-0.05, 0) is 60.0 Å². The van der Waals surface area contributed by atoms with Crippen LogP contribution in [-0.2, 0) is 25.7 Å². The SMILES string of the molecule is O=c1nc(OCc2cc(F)c(Oc3ccc(C(F)(F)F)nc3)c(F)c2)cc2n1CCc1cc(F)ccc1-2. The van der Waals surface area contributed by atoms with E-state index < -0.39 is 40.8 Å². The van der Waals surface area contributed by atoms with Gasteiger partial charge in [0, 0.05) is 18.2 Å². The Kier molecular flexibility index (Phi) is 6.10. The van der Waals surface area contributed by atoms with E-state index in [-0.39, 0.29) is 23.8 Å². The van der Waals surface area contributed by atoms with E-state index in [1.165, 1.54) is 22.8 Å². The summed E-state index contributed by atoms with van der Waals surface area (Å²) in [5.41, 5.74) is 0.110. The van der Waals surface area contributed by atoms with E-state index in [1.54, 1.807) is 6.07 Å². The van der Waals surface area contributed by atoms with Crippen molar-refractivity contribution in [3.63, 3.8) is 0 Å². The Morgan fingerprint density at radius 3 is 2.41 bits per heavy atom. The third kappa shape index (κ3) is 4.99. The van der Waals surface area contributed by atoms with Crippen molar-refractivity contribution in [3.05, 3.63) is 99.5 Å². The van der Waals surface area contributed by atoms with Gasteiger partial charge in [0.15, 0.2) is 17.4 Å². The number of hydrogen-bond acceptors (Lipinski definition) is 5. The van der Waals surface area contributed by atoms with Gasteiger partial charge in [-0.25, -0.2) is 22.9 Å². The molecule has 0 saturated carbocycles. The first-order chi connectivity index (χ1) is 17.6. The molecule has 2 aromatic carbocycles. The Morgan fingerprint density at radius 2 is 1.73 bits per heavy atom. The Morgan fingerprint density at radius 1 is 0.973 bits per heavy atom. The van der Waals surface area contributed by atoms with E-state index >= 15 is 0 Å². The Labute approximate surface area is 204 Å². The predicted molar refractivity (Wildman–Crippen MR) is 118 cm³/mol. The number of halogens is 6. The molecule has 1 aliphatic rings. The van der Waals surface area contributed by atoms with Gasteiger partial charge in [-0.15, -0.1) is 0 Å². The molecule has 3 heterocycles. The number of rotatable bonds is 5. The molecule has 2 aromatic heterocycles. The van der Waals surface area contributed by atoms with Crippen LogP contribution in [0, 0.1) is 17.5 Å². The summed E-state index contributed by atoms with van der Waals surface area (Å²) in [4.78, 5) is 19.5. The highest BCUT2D eigenvalue weighted by atomic mass is 19.4. The highest BCUT2D eigenvalue weighted by Gasteiger charge is 2.32. The van der Waals surface area contributed by atoms with Crippen LogP contribution in [0.25, 0.3) is 11.3 Å². The molecule has 0 unspecified atom stereocenters. The highest BCUT2D eigenvalue weighted by Crippen LogP contribution is 2.33. The zero-order chi connectivity index (χ0) is 26.3. The van der Waals surface area contributed by atoms with Gasteiger partial charge in [-0.2, -0.15) is 18.2 Å². The standard InChI is InChI=1S/C25H15F6N3O3/c26-15-1-3-17-14(9-15)5-6-34-20(17)10-22(33-24(34)35)36-12-13-7-18(27)23(19(28)8-13)37-16-2-4-21(32-11-16)25(29,30)31/h1-4,7-11H,5-6,12H2. The van der Waals surface area contributed by atoms with E-state index in [4.69, 9.17) is 9.47 Å². The average Bonchev–Trinajstić information content (AvgIpc) is 2.84. The van der Waals surface area contributed by atoms with Crippen molar-refractivity contribution < 1.29 is 35.8 Å². The Bertz CT molecular complexity index is 1530. The maximum Gasteiger partial charge on any atom is 0.433 e. The van der Waals surface area contributed by atoms with Crippen LogP contribution in [0.5, 0.6) is 17.4 Å². The molecule has 0 N–H and O–H groups in total. The van der Waals surface area contributed by atoms with Gasteiger partial charge in [0.2, 0.25) is 5.88 Å². The molecule has 0 radical (unpaired) electrons. The van der Waals surface area contributed by atoms with Crippen LogP contribution in [0.2, 0.25) is 0 Å². The van der Waals surface area contributed by atoms with E-state index in [2.05, 4.69) is 9.97 Å². The number of nitrogens with zero attached hydrogens (tertiary/aromatic N) is 3. The minimum Gasteiger partial charge on any atom is -0.473 e. The quantitative estimate of drug-likeness (QED) is 0.318. The lowest BCUT2D eigenvalue weighted by molar-refractivity contribution is -0.141. The second-order valence-corrected chi connectivity index (χ2v) is 8.12. The summed E-state index contributed by atoms with van der Waals surface area (Å²) >= 11 is 0. The summed E-state index contributed by atoms with van der Waals surface area (Å²) < 4.78 is 92.6. The Hall–Kier alpha value is -4.35. The number of fused-ring (bicyclic) bond motifs is 3. The number of hydrogen-bond donors (Lipinski definition) is 0. The van der Waals surface area contributed by atoms with Gasteiger partial charge in [0.1, 0.15) is 23.9 Å². The minimum absolute atomic E-state index is 0.0370. The molecule has 5 rings (SSSR count). The summed E-state index contributed by atoms with van der Waals surface area (Å²) in [6, 6.07) is 9.04. The molecule has 0 atom stereocenters. The van der Waals surface area contributed by atoms with Crippen LogP contribution in [0.15, 0.2) is 59.5 Å². The van der Waals surface area contributed by atoms with Crippen molar-refractivity contribution in [2.45, 2.75) is 25.7 Å². The van der Waals surface area contributed by atoms with Crippen LogP contribution in [0.3, 0.4) is 0 Å². The lowest BCUT2D eigenvalue weighted by Crippen LogP contribution is -2.28. The topological polar surface area (TPSA) is 66.2 Å². The summed E-state index contributed by atoms with van der Waals surface area (Å²) in [7, 11) is 0. The van der Waals surface area contributed by atoms with Crippen LogP contribution >= 0.6 is 0 Å². The fourth-order valence-corrected chi connectivity index (χ4v) is 3.93. The molecule has 0 saturated heterocycles. The van der Waals surface area contributed by atoms with Crippen LogP contribution in [-0.4, -0.2) is 14.5 Å². The number of pyridine rings is 1. The van der Waals surface area contributed by atoms with Gasteiger partial charge in [-0.1, -0.05) is 0 Å². The molecule has 0 amide bonds. The zero-order valence-corrected chi connectivity index (χ0v) is 18.7. The zero-order valence-electron chi connectivity index (χ0n) is 18.7. The number of aryl methyl sites for hydroxylation is 1. The van der Waals surface area contributed by atoms with E-state index in [1.807, 2.05) is 0 Å². The molecule has 4 aromatic rings. The molecular weight excluding hydrogens is 504 g/mol. The van der Waals surface area contributed by atoms with Gasteiger partial charge < -0.3 is 9.47 Å².